The fourth-order valence-corrected chi connectivity index (χ4v) is 4.77. The van der Waals surface area contributed by atoms with E-state index < -0.39 is 0 Å². The average Bonchev–Trinajstić information content (AvgIpc) is 2.83. The summed E-state index contributed by atoms with van der Waals surface area (Å²) in [5, 5.41) is 1.08. The highest BCUT2D eigenvalue weighted by Gasteiger charge is 2.23. The molecule has 0 saturated heterocycles. The van der Waals surface area contributed by atoms with Gasteiger partial charge in [0.1, 0.15) is 0 Å². The third-order valence-corrected chi connectivity index (χ3v) is 6.49. The number of rotatable bonds is 7. The molecule has 8 heteroatoms. The zero-order chi connectivity index (χ0) is 22.7. The minimum atomic E-state index is -0.126. The lowest BCUT2D eigenvalue weighted by atomic mass is 9.99. The van der Waals surface area contributed by atoms with Crippen LogP contribution in [0, 0.1) is 0 Å². The molecule has 1 aromatic heterocycles. The Morgan fingerprint density at radius 3 is 2.62 bits per heavy atom. The highest BCUT2D eigenvalue weighted by molar-refractivity contribution is 7.99. The molecule has 0 spiro atoms. The van der Waals surface area contributed by atoms with Crippen LogP contribution >= 0.6 is 11.8 Å². The molecule has 32 heavy (non-hydrogen) atoms. The molecule has 0 aliphatic carbocycles. The van der Waals surface area contributed by atoms with Gasteiger partial charge in [-0.05, 0) is 41.8 Å². The monoisotopic (exact) mass is 451 g/mol. The van der Waals surface area contributed by atoms with E-state index in [0.29, 0.717) is 47.2 Å². The molecule has 1 aliphatic rings. The lowest BCUT2D eigenvalue weighted by molar-refractivity contribution is -0.129. The second-order valence-corrected chi connectivity index (χ2v) is 8.39. The first-order valence-corrected chi connectivity index (χ1v) is 11.3. The van der Waals surface area contributed by atoms with Crippen molar-refractivity contribution in [3.05, 3.63) is 70.5 Å². The minimum absolute atomic E-state index is 0.00277. The molecule has 0 unspecified atom stereocenters. The molecule has 0 bridgehead atoms. The molecule has 1 aliphatic heterocycles. The Morgan fingerprint density at radius 1 is 1.19 bits per heavy atom. The summed E-state index contributed by atoms with van der Waals surface area (Å²) in [5.41, 5.74) is 2.72. The van der Waals surface area contributed by atoms with E-state index in [1.54, 1.807) is 30.9 Å². The Bertz CT molecular complexity index is 1240. The predicted octanol–water partition coefficient (Wildman–Crippen LogP) is 3.28. The molecule has 0 N–H and O–H groups in total. The number of hydrogen-bond donors (Lipinski definition) is 0. The van der Waals surface area contributed by atoms with Gasteiger partial charge in [0.25, 0.3) is 5.56 Å². The van der Waals surface area contributed by atoms with Crippen molar-refractivity contribution in [2.24, 2.45) is 0 Å². The van der Waals surface area contributed by atoms with E-state index in [1.807, 2.05) is 35.2 Å². The number of para-hydroxylation sites is 1. The molecular weight excluding hydrogens is 426 g/mol. The number of thioether (sulfide) groups is 1. The number of carbonyl (C=O) groups excluding carboxylic acids is 1. The van der Waals surface area contributed by atoms with E-state index >= 15 is 0 Å². The summed E-state index contributed by atoms with van der Waals surface area (Å²) in [7, 11) is 3.22. The number of amides is 1. The van der Waals surface area contributed by atoms with Crippen LogP contribution in [-0.2, 0) is 24.3 Å². The van der Waals surface area contributed by atoms with Gasteiger partial charge in [0.15, 0.2) is 16.7 Å². The van der Waals surface area contributed by atoms with Crippen molar-refractivity contribution in [1.29, 1.82) is 0 Å². The number of benzene rings is 2. The van der Waals surface area contributed by atoms with E-state index in [4.69, 9.17) is 9.47 Å². The van der Waals surface area contributed by atoms with Gasteiger partial charge in [-0.2, -0.15) is 0 Å². The van der Waals surface area contributed by atoms with Crippen LogP contribution in [0.15, 0.2) is 59.0 Å². The number of allylic oxidation sites excluding steroid dienone is 1. The average molecular weight is 452 g/mol. The fourth-order valence-electron chi connectivity index (χ4n) is 3.86. The molecule has 2 aromatic carbocycles. The second-order valence-electron chi connectivity index (χ2n) is 7.45. The molecule has 2 heterocycles. The quantitative estimate of drug-likeness (QED) is 0.312. The topological polar surface area (TPSA) is 73.7 Å². The van der Waals surface area contributed by atoms with Gasteiger partial charge in [0, 0.05) is 19.6 Å². The summed E-state index contributed by atoms with van der Waals surface area (Å²) in [6, 6.07) is 11.2. The summed E-state index contributed by atoms with van der Waals surface area (Å²) in [5.74, 6) is 1.56. The number of fused-ring (bicyclic) bond motifs is 2. The largest absolute Gasteiger partial charge is 0.493 e. The maximum absolute atomic E-state index is 13.0. The Kier molecular flexibility index (Phi) is 6.50. The van der Waals surface area contributed by atoms with Crippen molar-refractivity contribution < 1.29 is 14.3 Å². The molecule has 3 aromatic rings. The van der Waals surface area contributed by atoms with Gasteiger partial charge in [-0.25, -0.2) is 4.98 Å². The van der Waals surface area contributed by atoms with Crippen molar-refractivity contribution in [1.82, 2.24) is 14.5 Å². The van der Waals surface area contributed by atoms with Crippen molar-refractivity contribution >= 4 is 28.6 Å². The molecule has 4 rings (SSSR count). The minimum Gasteiger partial charge on any atom is -0.493 e. The number of hydrogen-bond acceptors (Lipinski definition) is 6. The maximum atomic E-state index is 13.0. The van der Waals surface area contributed by atoms with E-state index in [1.165, 1.54) is 11.8 Å². The molecular formula is C24H25N3O4S. The van der Waals surface area contributed by atoms with Gasteiger partial charge in [-0.15, -0.1) is 6.58 Å². The van der Waals surface area contributed by atoms with Gasteiger partial charge < -0.3 is 14.4 Å². The molecule has 166 valence electrons. The molecule has 0 fully saturated rings. The third kappa shape index (κ3) is 4.23. The van der Waals surface area contributed by atoms with Crippen molar-refractivity contribution in [3.8, 4) is 11.5 Å². The Hall–Kier alpha value is -3.26. The zero-order valence-electron chi connectivity index (χ0n) is 18.2. The number of nitrogens with zero attached hydrogens (tertiary/aromatic N) is 3. The lowest BCUT2D eigenvalue weighted by Gasteiger charge is -2.29. The normalized spacial score (nSPS) is 13.0. The SMILES string of the molecule is C=CCn1c(SCC(=O)N2CCc3cc(OC)c(OC)cc3C2)nc2ccccc2c1=O. The van der Waals surface area contributed by atoms with Crippen molar-refractivity contribution in [3.63, 3.8) is 0 Å². The van der Waals surface area contributed by atoms with Crippen LogP contribution in [0.25, 0.3) is 10.9 Å². The Morgan fingerprint density at radius 2 is 1.91 bits per heavy atom. The van der Waals surface area contributed by atoms with E-state index in [2.05, 4.69) is 11.6 Å². The van der Waals surface area contributed by atoms with Crippen LogP contribution < -0.4 is 15.0 Å². The first-order valence-electron chi connectivity index (χ1n) is 10.3. The summed E-state index contributed by atoms with van der Waals surface area (Å²) >= 11 is 1.28. The maximum Gasteiger partial charge on any atom is 0.262 e. The lowest BCUT2D eigenvalue weighted by Crippen LogP contribution is -2.37. The molecule has 0 atom stereocenters. The molecule has 0 radical (unpaired) electrons. The summed E-state index contributed by atoms with van der Waals surface area (Å²) in [6.45, 7) is 5.23. The van der Waals surface area contributed by atoms with Gasteiger partial charge in [-0.3, -0.25) is 14.2 Å². The van der Waals surface area contributed by atoms with Crippen LogP contribution in [0.5, 0.6) is 11.5 Å². The van der Waals surface area contributed by atoms with Crippen LogP contribution in [0.4, 0.5) is 0 Å². The highest BCUT2D eigenvalue weighted by Crippen LogP contribution is 2.33. The summed E-state index contributed by atoms with van der Waals surface area (Å²) < 4.78 is 12.4. The van der Waals surface area contributed by atoms with Gasteiger partial charge in [0.05, 0.1) is 30.9 Å². The third-order valence-electron chi connectivity index (χ3n) is 5.53. The van der Waals surface area contributed by atoms with Crippen LogP contribution in [0.1, 0.15) is 11.1 Å². The van der Waals surface area contributed by atoms with Gasteiger partial charge >= 0.3 is 0 Å². The zero-order valence-corrected chi connectivity index (χ0v) is 19.0. The predicted molar refractivity (Wildman–Crippen MR) is 126 cm³/mol. The van der Waals surface area contributed by atoms with Crippen LogP contribution in [-0.4, -0.2) is 46.9 Å². The Balaban J connectivity index is 1.52. The summed E-state index contributed by atoms with van der Waals surface area (Å²) in [4.78, 5) is 32.3. The van der Waals surface area contributed by atoms with E-state index in [0.717, 1.165) is 17.5 Å². The van der Waals surface area contributed by atoms with E-state index in [9.17, 15) is 9.59 Å². The number of carbonyl (C=O) groups is 1. The first-order chi connectivity index (χ1) is 15.5. The van der Waals surface area contributed by atoms with Crippen molar-refractivity contribution in [2.45, 2.75) is 24.7 Å². The summed E-state index contributed by atoms with van der Waals surface area (Å²) in [6.07, 6.45) is 2.41. The fraction of sp³-hybridized carbons (Fsp3) is 0.292. The Labute approximate surface area is 190 Å². The van der Waals surface area contributed by atoms with Crippen molar-refractivity contribution in [2.75, 3.05) is 26.5 Å². The number of methoxy groups -OCH3 is 2. The smallest absolute Gasteiger partial charge is 0.262 e. The second kappa shape index (κ2) is 9.48. The van der Waals surface area contributed by atoms with Crippen LogP contribution in [0.3, 0.4) is 0 Å². The van der Waals surface area contributed by atoms with Crippen LogP contribution in [0.2, 0.25) is 0 Å². The molecule has 0 saturated carbocycles. The number of ether oxygens (including phenoxy) is 2. The van der Waals surface area contributed by atoms with E-state index in [-0.39, 0.29) is 17.2 Å². The number of aromatic nitrogens is 2. The highest BCUT2D eigenvalue weighted by atomic mass is 32.2. The van der Waals surface area contributed by atoms with Gasteiger partial charge in [0.2, 0.25) is 5.91 Å². The van der Waals surface area contributed by atoms with Gasteiger partial charge in [-0.1, -0.05) is 30.0 Å². The first kappa shape index (κ1) is 22.0. The molecule has 7 nitrogen and oxygen atoms in total. The molecule has 1 amide bonds. The standard InChI is InChI=1S/C24H25N3O4S/c1-4-10-27-23(29)18-7-5-6-8-19(18)25-24(27)32-15-22(28)26-11-9-16-12-20(30-2)21(31-3)13-17(16)14-26/h4-8,12-13H,1,9-11,14-15H2,2-3H3.